The van der Waals surface area contributed by atoms with Crippen molar-refractivity contribution in [3.8, 4) is 6.07 Å². The van der Waals surface area contributed by atoms with Gasteiger partial charge in [-0.05, 0) is 43.3 Å². The molecule has 0 spiro atoms. The van der Waals surface area contributed by atoms with E-state index in [1.54, 1.807) is 30.3 Å². The maximum absolute atomic E-state index is 12.0. The zero-order chi connectivity index (χ0) is 16.7. The molecule has 23 heavy (non-hydrogen) atoms. The molecule has 1 atom stereocenters. The van der Waals surface area contributed by atoms with Crippen molar-refractivity contribution in [3.63, 3.8) is 0 Å². The Hall–Kier alpha value is -3.33. The molecule has 0 aliphatic carbocycles. The van der Waals surface area contributed by atoms with Crippen LogP contribution in [0.4, 0.5) is 5.69 Å². The van der Waals surface area contributed by atoms with Gasteiger partial charge in [0.15, 0.2) is 6.10 Å². The molecule has 0 aliphatic rings. The van der Waals surface area contributed by atoms with Crippen molar-refractivity contribution in [3.05, 3.63) is 60.1 Å². The number of esters is 1. The molecule has 1 aromatic heterocycles. The van der Waals surface area contributed by atoms with Gasteiger partial charge in [0.2, 0.25) is 0 Å². The zero-order valence-corrected chi connectivity index (χ0v) is 12.4. The SMILES string of the molecule is C[C@H](OC(=O)/C=C/c1ccco1)C(=O)Nc1cccc(C#N)c1. The lowest BCUT2D eigenvalue weighted by molar-refractivity contribution is -0.148. The molecule has 0 saturated heterocycles. The van der Waals surface area contributed by atoms with E-state index in [0.717, 1.165) is 0 Å². The number of amides is 1. The smallest absolute Gasteiger partial charge is 0.331 e. The first-order valence-electron chi connectivity index (χ1n) is 6.81. The fourth-order valence-corrected chi connectivity index (χ4v) is 1.71. The predicted molar refractivity (Wildman–Crippen MR) is 83.1 cm³/mol. The lowest BCUT2D eigenvalue weighted by Gasteiger charge is -2.12. The second kappa shape index (κ2) is 7.61. The Bertz CT molecular complexity index is 757. The molecule has 1 N–H and O–H groups in total. The third-order valence-corrected chi connectivity index (χ3v) is 2.85. The van der Waals surface area contributed by atoms with Gasteiger partial charge in [0.25, 0.3) is 5.91 Å². The van der Waals surface area contributed by atoms with Crippen LogP contribution in [-0.2, 0) is 14.3 Å². The van der Waals surface area contributed by atoms with E-state index in [-0.39, 0.29) is 0 Å². The third-order valence-electron chi connectivity index (χ3n) is 2.85. The van der Waals surface area contributed by atoms with E-state index in [1.165, 1.54) is 31.4 Å². The van der Waals surface area contributed by atoms with Gasteiger partial charge in [-0.15, -0.1) is 0 Å². The summed E-state index contributed by atoms with van der Waals surface area (Å²) in [7, 11) is 0. The lowest BCUT2D eigenvalue weighted by atomic mass is 10.2. The first-order valence-corrected chi connectivity index (χ1v) is 6.81. The van der Waals surface area contributed by atoms with E-state index < -0.39 is 18.0 Å². The van der Waals surface area contributed by atoms with Crippen LogP contribution in [0.5, 0.6) is 0 Å². The molecule has 6 nitrogen and oxygen atoms in total. The average Bonchev–Trinajstić information content (AvgIpc) is 3.06. The molecule has 1 aromatic carbocycles. The minimum atomic E-state index is -0.977. The van der Waals surface area contributed by atoms with E-state index in [2.05, 4.69) is 5.32 Å². The van der Waals surface area contributed by atoms with Crippen LogP contribution < -0.4 is 5.32 Å². The number of carbonyl (C=O) groups is 2. The van der Waals surface area contributed by atoms with E-state index >= 15 is 0 Å². The van der Waals surface area contributed by atoms with Gasteiger partial charge in [0.1, 0.15) is 5.76 Å². The normalized spacial score (nSPS) is 11.7. The standard InChI is InChI=1S/C17H14N2O4/c1-12(23-16(20)8-7-15-6-3-9-22-15)17(21)19-14-5-2-4-13(10-14)11-18/h2-10,12H,1H3,(H,19,21)/b8-7+/t12-/m0/s1. The minimum Gasteiger partial charge on any atom is -0.465 e. The molecule has 6 heteroatoms. The molecular weight excluding hydrogens is 296 g/mol. The van der Waals surface area contributed by atoms with Crippen LogP contribution in [0.15, 0.2) is 53.2 Å². The predicted octanol–water partition coefficient (Wildman–Crippen LogP) is 2.73. The average molecular weight is 310 g/mol. The molecule has 0 aliphatic heterocycles. The van der Waals surface area contributed by atoms with Crippen molar-refractivity contribution in [2.24, 2.45) is 0 Å². The Labute approximate surface area is 133 Å². The summed E-state index contributed by atoms with van der Waals surface area (Å²) in [5, 5.41) is 11.4. The topological polar surface area (TPSA) is 92.3 Å². The fourth-order valence-electron chi connectivity index (χ4n) is 1.71. The first kappa shape index (κ1) is 16.0. The van der Waals surface area contributed by atoms with Crippen molar-refractivity contribution in [1.29, 1.82) is 5.26 Å². The number of carbonyl (C=O) groups excluding carboxylic acids is 2. The van der Waals surface area contributed by atoms with E-state index in [9.17, 15) is 9.59 Å². The van der Waals surface area contributed by atoms with Gasteiger partial charge in [-0.2, -0.15) is 5.26 Å². The largest absolute Gasteiger partial charge is 0.465 e. The monoisotopic (exact) mass is 310 g/mol. The first-order chi connectivity index (χ1) is 11.1. The summed E-state index contributed by atoms with van der Waals surface area (Å²) in [5.41, 5.74) is 0.886. The summed E-state index contributed by atoms with van der Waals surface area (Å²) in [5.74, 6) is -0.637. The number of anilines is 1. The van der Waals surface area contributed by atoms with Crippen LogP contribution in [0.3, 0.4) is 0 Å². The highest BCUT2D eigenvalue weighted by Crippen LogP contribution is 2.11. The Kier molecular flexibility index (Phi) is 5.31. The number of nitrogens with one attached hydrogen (secondary N) is 1. The zero-order valence-electron chi connectivity index (χ0n) is 12.4. The molecule has 1 heterocycles. The van der Waals surface area contributed by atoms with Crippen molar-refractivity contribution in [2.45, 2.75) is 13.0 Å². The second-order valence-corrected chi connectivity index (χ2v) is 4.61. The molecule has 0 unspecified atom stereocenters. The van der Waals surface area contributed by atoms with Gasteiger partial charge in [-0.25, -0.2) is 4.79 Å². The molecule has 2 rings (SSSR count). The maximum atomic E-state index is 12.0. The minimum absolute atomic E-state index is 0.425. The van der Waals surface area contributed by atoms with Crippen molar-refractivity contribution < 1.29 is 18.7 Å². The lowest BCUT2D eigenvalue weighted by Crippen LogP contribution is -2.29. The van der Waals surface area contributed by atoms with Gasteiger partial charge in [0.05, 0.1) is 17.9 Å². The molecule has 0 saturated carbocycles. The third kappa shape index (κ3) is 4.86. The Morgan fingerprint density at radius 3 is 2.87 bits per heavy atom. The summed E-state index contributed by atoms with van der Waals surface area (Å²) in [6.45, 7) is 1.46. The van der Waals surface area contributed by atoms with Crippen LogP contribution in [-0.4, -0.2) is 18.0 Å². The number of benzene rings is 1. The molecular formula is C17H14N2O4. The number of nitrogens with zero attached hydrogens (tertiary/aromatic N) is 1. The van der Waals surface area contributed by atoms with Crippen molar-refractivity contribution in [1.82, 2.24) is 0 Å². The van der Waals surface area contributed by atoms with Crippen LogP contribution >= 0.6 is 0 Å². The van der Waals surface area contributed by atoms with Crippen LogP contribution in [0.1, 0.15) is 18.2 Å². The second-order valence-electron chi connectivity index (χ2n) is 4.61. The molecule has 0 radical (unpaired) electrons. The van der Waals surface area contributed by atoms with E-state index in [0.29, 0.717) is 17.0 Å². The molecule has 0 bridgehead atoms. The molecule has 1 amide bonds. The summed E-state index contributed by atoms with van der Waals surface area (Å²) in [6, 6.07) is 11.8. The number of hydrogen-bond acceptors (Lipinski definition) is 5. The van der Waals surface area contributed by atoms with Gasteiger partial charge >= 0.3 is 5.97 Å². The highest BCUT2D eigenvalue weighted by atomic mass is 16.5. The van der Waals surface area contributed by atoms with Gasteiger partial charge in [-0.3, -0.25) is 4.79 Å². The summed E-state index contributed by atoms with van der Waals surface area (Å²) >= 11 is 0. The quantitative estimate of drug-likeness (QED) is 0.677. The summed E-state index contributed by atoms with van der Waals surface area (Å²) in [6.07, 6.45) is 3.13. The number of furan rings is 1. The van der Waals surface area contributed by atoms with E-state index in [4.69, 9.17) is 14.4 Å². The summed E-state index contributed by atoms with van der Waals surface area (Å²) < 4.78 is 10.0. The maximum Gasteiger partial charge on any atom is 0.331 e. The molecule has 0 fully saturated rings. The number of hydrogen-bond donors (Lipinski definition) is 1. The Morgan fingerprint density at radius 2 is 2.17 bits per heavy atom. The van der Waals surface area contributed by atoms with E-state index in [1.807, 2.05) is 6.07 Å². The summed E-state index contributed by atoms with van der Waals surface area (Å²) in [4.78, 5) is 23.6. The van der Waals surface area contributed by atoms with Crippen molar-refractivity contribution >= 4 is 23.6 Å². The number of nitriles is 1. The molecule has 116 valence electrons. The number of ether oxygens (including phenoxy) is 1. The number of rotatable bonds is 5. The van der Waals surface area contributed by atoms with Crippen LogP contribution in [0.2, 0.25) is 0 Å². The van der Waals surface area contributed by atoms with Gasteiger partial charge in [-0.1, -0.05) is 6.07 Å². The highest BCUT2D eigenvalue weighted by molar-refractivity contribution is 5.96. The van der Waals surface area contributed by atoms with Crippen LogP contribution in [0.25, 0.3) is 6.08 Å². The highest BCUT2D eigenvalue weighted by Gasteiger charge is 2.16. The van der Waals surface area contributed by atoms with Crippen LogP contribution in [0, 0.1) is 11.3 Å². The van der Waals surface area contributed by atoms with Gasteiger partial charge < -0.3 is 14.5 Å². The fraction of sp³-hybridized carbons (Fsp3) is 0.118. The molecule has 2 aromatic rings. The van der Waals surface area contributed by atoms with Gasteiger partial charge in [0, 0.05) is 11.8 Å². The van der Waals surface area contributed by atoms with Crippen molar-refractivity contribution in [2.75, 3.05) is 5.32 Å². The Morgan fingerprint density at radius 1 is 1.35 bits per heavy atom. The Balaban J connectivity index is 1.89.